The highest BCUT2D eigenvalue weighted by Crippen LogP contribution is 2.29. The second-order valence-corrected chi connectivity index (χ2v) is 8.37. The maximum absolute atomic E-state index is 13.5. The van der Waals surface area contributed by atoms with Gasteiger partial charge in [0.2, 0.25) is 0 Å². The number of methoxy groups -OCH3 is 1. The van der Waals surface area contributed by atoms with Gasteiger partial charge in [-0.1, -0.05) is 41.5 Å². The molecule has 0 spiro atoms. The van der Waals surface area contributed by atoms with Crippen LogP contribution in [0.3, 0.4) is 0 Å². The third-order valence-corrected chi connectivity index (χ3v) is 5.61. The lowest BCUT2D eigenvalue weighted by molar-refractivity contribution is 0.0940. The van der Waals surface area contributed by atoms with Gasteiger partial charge in [0.1, 0.15) is 5.75 Å². The second-order valence-electron chi connectivity index (χ2n) is 8.37. The molecule has 6 heteroatoms. The van der Waals surface area contributed by atoms with Crippen LogP contribution in [0, 0.1) is 13.8 Å². The number of nitrogens with zero attached hydrogens (tertiary/aromatic N) is 3. The Morgan fingerprint density at radius 1 is 1.00 bits per heavy atom. The van der Waals surface area contributed by atoms with E-state index in [9.17, 15) is 4.79 Å². The zero-order valence-corrected chi connectivity index (χ0v) is 19.6. The van der Waals surface area contributed by atoms with Crippen molar-refractivity contribution >= 4 is 5.91 Å². The minimum atomic E-state index is -0.209. The molecule has 0 aliphatic heterocycles. The van der Waals surface area contributed by atoms with Crippen molar-refractivity contribution in [2.45, 2.75) is 26.8 Å². The van der Waals surface area contributed by atoms with E-state index in [0.29, 0.717) is 11.3 Å². The van der Waals surface area contributed by atoms with E-state index in [-0.39, 0.29) is 11.9 Å². The molecule has 2 aromatic carbocycles. The number of carbonyl (C=O) groups excluding carboxylic acids is 1. The SMILES string of the molecule is COc1cccc([C@@H](C)NC(=O)c2cc(-c3cc(C)cc(C)c3)cnc2-c2cnn(C)c2)c1. The maximum Gasteiger partial charge on any atom is 0.253 e. The molecule has 168 valence electrons. The summed E-state index contributed by atoms with van der Waals surface area (Å²) in [5.41, 5.74) is 7.13. The Morgan fingerprint density at radius 2 is 1.76 bits per heavy atom. The summed E-state index contributed by atoms with van der Waals surface area (Å²) in [7, 11) is 3.48. The van der Waals surface area contributed by atoms with E-state index in [1.54, 1.807) is 18.0 Å². The van der Waals surface area contributed by atoms with E-state index in [1.165, 1.54) is 11.1 Å². The van der Waals surface area contributed by atoms with Crippen molar-refractivity contribution in [3.63, 3.8) is 0 Å². The van der Waals surface area contributed by atoms with Crippen LogP contribution in [0.25, 0.3) is 22.4 Å². The Kier molecular flexibility index (Phi) is 6.27. The number of aromatic nitrogens is 3. The topological polar surface area (TPSA) is 69.0 Å². The van der Waals surface area contributed by atoms with E-state index in [0.717, 1.165) is 28.0 Å². The first kappa shape index (κ1) is 22.3. The molecule has 4 aromatic rings. The van der Waals surface area contributed by atoms with Crippen LogP contribution in [-0.4, -0.2) is 27.8 Å². The summed E-state index contributed by atoms with van der Waals surface area (Å²) < 4.78 is 7.03. The summed E-state index contributed by atoms with van der Waals surface area (Å²) in [5, 5.41) is 7.38. The summed E-state index contributed by atoms with van der Waals surface area (Å²) in [6.45, 7) is 6.09. The van der Waals surface area contributed by atoms with E-state index in [2.05, 4.69) is 42.5 Å². The number of ether oxygens (including phenoxy) is 1. The van der Waals surface area contributed by atoms with Crippen molar-refractivity contribution in [2.24, 2.45) is 7.05 Å². The lowest BCUT2D eigenvalue weighted by Gasteiger charge is -2.17. The molecule has 0 fully saturated rings. The highest BCUT2D eigenvalue weighted by atomic mass is 16.5. The van der Waals surface area contributed by atoms with Crippen molar-refractivity contribution in [3.8, 4) is 28.1 Å². The van der Waals surface area contributed by atoms with Crippen LogP contribution in [0.5, 0.6) is 5.75 Å². The predicted octanol–water partition coefficient (Wildman–Crippen LogP) is 5.27. The molecular weight excluding hydrogens is 412 g/mol. The molecule has 6 nitrogen and oxygen atoms in total. The van der Waals surface area contributed by atoms with Gasteiger partial charge in [0.25, 0.3) is 5.91 Å². The average Bonchev–Trinajstić information content (AvgIpc) is 3.24. The molecule has 0 aliphatic carbocycles. The lowest BCUT2D eigenvalue weighted by Crippen LogP contribution is -2.27. The van der Waals surface area contributed by atoms with Gasteiger partial charge in [-0.2, -0.15) is 5.10 Å². The standard InChI is InChI=1S/C27H28N4O2/c1-17-9-18(2)11-21(10-17)22-13-25(26(28-14-22)23-15-29-31(4)16-23)27(32)30-19(3)20-7-6-8-24(12-20)33-5/h6-16,19H,1-5H3,(H,30,32)/t19-/m1/s1. The van der Waals surface area contributed by atoms with Crippen LogP contribution in [-0.2, 0) is 7.05 Å². The number of benzene rings is 2. The van der Waals surface area contributed by atoms with Gasteiger partial charge in [0.15, 0.2) is 0 Å². The van der Waals surface area contributed by atoms with Gasteiger partial charge in [-0.25, -0.2) is 0 Å². The van der Waals surface area contributed by atoms with Crippen LogP contribution in [0.1, 0.15) is 40.0 Å². The van der Waals surface area contributed by atoms with Crippen molar-refractivity contribution in [1.82, 2.24) is 20.1 Å². The van der Waals surface area contributed by atoms with Crippen LogP contribution in [0.4, 0.5) is 0 Å². The molecule has 0 saturated heterocycles. The van der Waals surface area contributed by atoms with Crippen LogP contribution >= 0.6 is 0 Å². The van der Waals surface area contributed by atoms with Gasteiger partial charge in [-0.15, -0.1) is 0 Å². The van der Waals surface area contributed by atoms with Gasteiger partial charge in [-0.05, 0) is 50.1 Å². The van der Waals surface area contributed by atoms with Crippen LogP contribution in [0.2, 0.25) is 0 Å². The molecule has 0 bridgehead atoms. The Morgan fingerprint density at radius 3 is 2.42 bits per heavy atom. The summed E-state index contributed by atoms with van der Waals surface area (Å²) in [4.78, 5) is 18.2. The third kappa shape index (κ3) is 4.95. The fourth-order valence-corrected chi connectivity index (χ4v) is 3.98. The quantitative estimate of drug-likeness (QED) is 0.444. The number of rotatable bonds is 6. The first-order chi connectivity index (χ1) is 15.8. The Bertz CT molecular complexity index is 1290. The van der Waals surface area contributed by atoms with Gasteiger partial charge >= 0.3 is 0 Å². The summed E-state index contributed by atoms with van der Waals surface area (Å²) in [6.07, 6.45) is 5.40. The Hall–Kier alpha value is -3.93. The molecule has 2 heterocycles. The van der Waals surface area contributed by atoms with Gasteiger partial charge in [-0.3, -0.25) is 14.5 Å². The minimum absolute atomic E-state index is 0.192. The van der Waals surface area contributed by atoms with Gasteiger partial charge in [0.05, 0.1) is 30.6 Å². The zero-order valence-electron chi connectivity index (χ0n) is 19.6. The highest BCUT2D eigenvalue weighted by Gasteiger charge is 2.19. The smallest absolute Gasteiger partial charge is 0.253 e. The van der Waals surface area contributed by atoms with Crippen molar-refractivity contribution in [1.29, 1.82) is 0 Å². The number of hydrogen-bond donors (Lipinski definition) is 1. The first-order valence-corrected chi connectivity index (χ1v) is 10.9. The number of pyridine rings is 1. The molecule has 2 aromatic heterocycles. The molecule has 0 unspecified atom stereocenters. The summed E-state index contributed by atoms with van der Waals surface area (Å²) in [5.74, 6) is 0.561. The maximum atomic E-state index is 13.5. The summed E-state index contributed by atoms with van der Waals surface area (Å²) in [6, 6.07) is 15.7. The number of nitrogens with one attached hydrogen (secondary N) is 1. The largest absolute Gasteiger partial charge is 0.497 e. The molecule has 4 rings (SSSR count). The third-order valence-electron chi connectivity index (χ3n) is 5.61. The molecule has 1 amide bonds. The van der Waals surface area contributed by atoms with E-state index in [4.69, 9.17) is 9.72 Å². The second kappa shape index (κ2) is 9.28. The normalized spacial score (nSPS) is 11.8. The van der Waals surface area contributed by atoms with E-state index >= 15 is 0 Å². The average molecular weight is 441 g/mol. The van der Waals surface area contributed by atoms with Gasteiger partial charge < -0.3 is 10.1 Å². The van der Waals surface area contributed by atoms with E-state index < -0.39 is 0 Å². The molecule has 0 radical (unpaired) electrons. The lowest BCUT2D eigenvalue weighted by atomic mass is 9.98. The Balaban J connectivity index is 1.73. The van der Waals surface area contributed by atoms with E-state index in [1.807, 2.05) is 56.7 Å². The number of aryl methyl sites for hydroxylation is 3. The number of hydrogen-bond acceptors (Lipinski definition) is 4. The molecule has 1 atom stereocenters. The minimum Gasteiger partial charge on any atom is -0.497 e. The predicted molar refractivity (Wildman–Crippen MR) is 130 cm³/mol. The molecule has 0 aliphatic rings. The van der Waals surface area contributed by atoms with Crippen molar-refractivity contribution in [3.05, 3.63) is 89.4 Å². The van der Waals surface area contributed by atoms with Crippen LogP contribution in [0.15, 0.2) is 67.1 Å². The number of carbonyl (C=O) groups is 1. The summed E-state index contributed by atoms with van der Waals surface area (Å²) >= 11 is 0. The number of amides is 1. The van der Waals surface area contributed by atoms with Crippen molar-refractivity contribution in [2.75, 3.05) is 7.11 Å². The fraction of sp³-hybridized carbons (Fsp3) is 0.222. The van der Waals surface area contributed by atoms with Gasteiger partial charge in [0, 0.05) is 30.6 Å². The zero-order chi connectivity index (χ0) is 23.5. The van der Waals surface area contributed by atoms with Crippen LogP contribution < -0.4 is 10.1 Å². The molecule has 0 saturated carbocycles. The molecular formula is C27H28N4O2. The Labute approximate surface area is 194 Å². The molecule has 33 heavy (non-hydrogen) atoms. The monoisotopic (exact) mass is 440 g/mol. The van der Waals surface area contributed by atoms with Crippen molar-refractivity contribution < 1.29 is 9.53 Å². The molecule has 1 N–H and O–H groups in total. The fourth-order valence-electron chi connectivity index (χ4n) is 3.98. The first-order valence-electron chi connectivity index (χ1n) is 10.9. The highest BCUT2D eigenvalue weighted by molar-refractivity contribution is 6.01.